The van der Waals surface area contributed by atoms with Crippen LogP contribution in [0.25, 0.3) is 0 Å². The number of carbonyl (C=O) groups excluding carboxylic acids is 1. The monoisotopic (exact) mass is 322 g/mol. The molecule has 2 aromatic rings. The van der Waals surface area contributed by atoms with Crippen LogP contribution in [0.2, 0.25) is 0 Å². The molecule has 1 amide bonds. The molecule has 1 fully saturated rings. The highest BCUT2D eigenvalue weighted by atomic mass is 16.2. The van der Waals surface area contributed by atoms with Crippen LogP contribution in [0.15, 0.2) is 54.6 Å². The van der Waals surface area contributed by atoms with Gasteiger partial charge >= 0.3 is 0 Å². The van der Waals surface area contributed by atoms with Gasteiger partial charge in [-0.25, -0.2) is 0 Å². The largest absolute Gasteiger partial charge is 0.335 e. The van der Waals surface area contributed by atoms with Crippen LogP contribution >= 0.6 is 0 Å². The summed E-state index contributed by atoms with van der Waals surface area (Å²) in [5.41, 5.74) is 9.78. The number of benzene rings is 2. The van der Waals surface area contributed by atoms with Crippen LogP contribution in [0.1, 0.15) is 48.9 Å². The van der Waals surface area contributed by atoms with Crippen LogP contribution in [-0.4, -0.2) is 16.8 Å². The summed E-state index contributed by atoms with van der Waals surface area (Å²) in [5.74, 6) is 0.161. The van der Waals surface area contributed by atoms with Gasteiger partial charge in [-0.15, -0.1) is 0 Å². The molecule has 126 valence electrons. The Morgan fingerprint density at radius 3 is 2.29 bits per heavy atom. The van der Waals surface area contributed by atoms with E-state index in [1.54, 1.807) is 0 Å². The van der Waals surface area contributed by atoms with Crippen molar-refractivity contribution in [1.82, 2.24) is 4.90 Å². The molecule has 0 spiro atoms. The predicted molar refractivity (Wildman–Crippen MR) is 97.4 cm³/mol. The molecule has 0 heterocycles. The van der Waals surface area contributed by atoms with Gasteiger partial charge in [-0.05, 0) is 36.0 Å². The molecule has 0 aliphatic heterocycles. The molecule has 1 atom stereocenters. The highest BCUT2D eigenvalue weighted by molar-refractivity contribution is 5.77. The number of hydrogen-bond donors (Lipinski definition) is 1. The fourth-order valence-electron chi connectivity index (χ4n) is 3.01. The summed E-state index contributed by atoms with van der Waals surface area (Å²) in [4.78, 5) is 14.8. The van der Waals surface area contributed by atoms with Crippen molar-refractivity contribution in [2.75, 3.05) is 0 Å². The van der Waals surface area contributed by atoms with E-state index in [4.69, 9.17) is 5.73 Å². The summed E-state index contributed by atoms with van der Waals surface area (Å²) < 4.78 is 0. The Bertz CT molecular complexity index is 662. The molecule has 2 aromatic carbocycles. The first-order valence-electron chi connectivity index (χ1n) is 8.85. The Hall–Kier alpha value is -2.13. The van der Waals surface area contributed by atoms with E-state index in [0.29, 0.717) is 19.0 Å². The van der Waals surface area contributed by atoms with Crippen LogP contribution in [-0.2, 0) is 17.8 Å². The second-order valence-corrected chi connectivity index (χ2v) is 6.64. The smallest absolute Gasteiger partial charge is 0.225 e. The van der Waals surface area contributed by atoms with Gasteiger partial charge in [0.15, 0.2) is 0 Å². The Morgan fingerprint density at radius 1 is 1.08 bits per heavy atom. The zero-order chi connectivity index (χ0) is 16.9. The standard InChI is InChI=1S/C21H26N2O/c1-2-16-8-10-17(11-9-16)15-23(19-12-13-19)21(24)14-20(22)18-6-4-3-5-7-18/h3-11,19-20H,2,12-15,22H2,1H3. The van der Waals surface area contributed by atoms with E-state index < -0.39 is 0 Å². The third-order valence-corrected chi connectivity index (χ3v) is 4.71. The highest BCUT2D eigenvalue weighted by Crippen LogP contribution is 2.30. The topological polar surface area (TPSA) is 46.3 Å². The van der Waals surface area contributed by atoms with E-state index in [-0.39, 0.29) is 11.9 Å². The van der Waals surface area contributed by atoms with E-state index in [0.717, 1.165) is 24.8 Å². The second-order valence-electron chi connectivity index (χ2n) is 6.64. The van der Waals surface area contributed by atoms with Gasteiger partial charge in [0.2, 0.25) is 5.91 Å². The first kappa shape index (κ1) is 16.7. The van der Waals surface area contributed by atoms with Crippen molar-refractivity contribution in [1.29, 1.82) is 0 Å². The molecule has 1 unspecified atom stereocenters. The molecular weight excluding hydrogens is 296 g/mol. The molecule has 1 aliphatic carbocycles. The third kappa shape index (κ3) is 4.24. The summed E-state index contributed by atoms with van der Waals surface area (Å²) in [6, 6.07) is 18.6. The zero-order valence-electron chi connectivity index (χ0n) is 14.3. The first-order valence-corrected chi connectivity index (χ1v) is 8.85. The number of carbonyl (C=O) groups is 1. The Kier molecular flexibility index (Phi) is 5.31. The predicted octanol–water partition coefficient (Wildman–Crippen LogP) is 3.83. The molecular formula is C21H26N2O. The van der Waals surface area contributed by atoms with Gasteiger partial charge in [-0.3, -0.25) is 4.79 Å². The van der Waals surface area contributed by atoms with Gasteiger partial charge < -0.3 is 10.6 Å². The number of nitrogens with two attached hydrogens (primary N) is 1. The minimum absolute atomic E-state index is 0.161. The van der Waals surface area contributed by atoms with Crippen LogP contribution in [0.4, 0.5) is 0 Å². The Balaban J connectivity index is 1.65. The highest BCUT2D eigenvalue weighted by Gasteiger charge is 2.33. The van der Waals surface area contributed by atoms with Gasteiger partial charge in [0, 0.05) is 25.0 Å². The summed E-state index contributed by atoms with van der Waals surface area (Å²) in [5, 5.41) is 0. The molecule has 0 aromatic heterocycles. The number of nitrogens with zero attached hydrogens (tertiary/aromatic N) is 1. The number of amides is 1. The molecule has 3 heteroatoms. The summed E-state index contributed by atoms with van der Waals surface area (Å²) >= 11 is 0. The molecule has 0 bridgehead atoms. The summed E-state index contributed by atoms with van der Waals surface area (Å²) in [7, 11) is 0. The zero-order valence-corrected chi connectivity index (χ0v) is 14.3. The van der Waals surface area contributed by atoms with Crippen molar-refractivity contribution in [3.63, 3.8) is 0 Å². The van der Waals surface area contributed by atoms with Crippen LogP contribution < -0.4 is 5.73 Å². The average Bonchev–Trinajstić information content (AvgIpc) is 3.45. The van der Waals surface area contributed by atoms with Crippen LogP contribution in [0.5, 0.6) is 0 Å². The molecule has 1 aliphatic rings. The maximum absolute atomic E-state index is 12.8. The fraction of sp³-hybridized carbons (Fsp3) is 0.381. The van der Waals surface area contributed by atoms with E-state index in [2.05, 4.69) is 31.2 Å². The lowest BCUT2D eigenvalue weighted by molar-refractivity contribution is -0.132. The molecule has 24 heavy (non-hydrogen) atoms. The lowest BCUT2D eigenvalue weighted by Gasteiger charge is -2.24. The quantitative estimate of drug-likeness (QED) is 0.842. The van der Waals surface area contributed by atoms with Crippen molar-refractivity contribution >= 4 is 5.91 Å². The van der Waals surface area contributed by atoms with Gasteiger partial charge in [0.05, 0.1) is 0 Å². The van der Waals surface area contributed by atoms with E-state index in [9.17, 15) is 4.79 Å². The van der Waals surface area contributed by atoms with Crippen molar-refractivity contribution in [3.8, 4) is 0 Å². The SMILES string of the molecule is CCc1ccc(CN(C(=O)CC(N)c2ccccc2)C2CC2)cc1. The molecule has 0 radical (unpaired) electrons. The van der Waals surface area contributed by atoms with Crippen molar-refractivity contribution in [2.45, 2.75) is 51.2 Å². The van der Waals surface area contributed by atoms with Crippen LogP contribution in [0, 0.1) is 0 Å². The first-order chi connectivity index (χ1) is 11.7. The Morgan fingerprint density at radius 2 is 1.71 bits per heavy atom. The summed E-state index contributed by atoms with van der Waals surface area (Å²) in [6.45, 7) is 2.84. The molecule has 3 rings (SSSR count). The average molecular weight is 322 g/mol. The van der Waals surface area contributed by atoms with Crippen LogP contribution in [0.3, 0.4) is 0 Å². The van der Waals surface area contributed by atoms with Gasteiger partial charge in [-0.1, -0.05) is 61.5 Å². The number of hydrogen-bond acceptors (Lipinski definition) is 2. The lowest BCUT2D eigenvalue weighted by atomic mass is 10.0. The number of rotatable bonds is 7. The lowest BCUT2D eigenvalue weighted by Crippen LogP contribution is -2.34. The van der Waals surface area contributed by atoms with E-state index >= 15 is 0 Å². The number of aryl methyl sites for hydroxylation is 1. The van der Waals surface area contributed by atoms with Crippen molar-refractivity contribution < 1.29 is 4.79 Å². The molecule has 3 nitrogen and oxygen atoms in total. The van der Waals surface area contributed by atoms with Crippen molar-refractivity contribution in [3.05, 3.63) is 71.3 Å². The van der Waals surface area contributed by atoms with Gasteiger partial charge in [-0.2, -0.15) is 0 Å². The Labute approximate surface area is 144 Å². The molecule has 0 saturated heterocycles. The molecule has 1 saturated carbocycles. The summed E-state index contributed by atoms with van der Waals surface area (Å²) in [6.07, 6.45) is 3.63. The maximum Gasteiger partial charge on any atom is 0.225 e. The minimum atomic E-state index is -0.234. The van der Waals surface area contributed by atoms with Crippen molar-refractivity contribution in [2.24, 2.45) is 5.73 Å². The van der Waals surface area contributed by atoms with Gasteiger partial charge in [0.1, 0.15) is 0 Å². The second kappa shape index (κ2) is 7.63. The normalized spacial score (nSPS) is 15.1. The maximum atomic E-state index is 12.8. The molecule has 2 N–H and O–H groups in total. The van der Waals surface area contributed by atoms with E-state index in [1.165, 1.54) is 11.1 Å². The van der Waals surface area contributed by atoms with E-state index in [1.807, 2.05) is 35.2 Å². The fourth-order valence-corrected chi connectivity index (χ4v) is 3.01. The third-order valence-electron chi connectivity index (χ3n) is 4.71. The van der Waals surface area contributed by atoms with Gasteiger partial charge in [0.25, 0.3) is 0 Å². The minimum Gasteiger partial charge on any atom is -0.335 e.